The van der Waals surface area contributed by atoms with Crippen LogP contribution in [0.3, 0.4) is 0 Å². The van der Waals surface area contributed by atoms with Crippen molar-refractivity contribution in [3.05, 3.63) is 35.9 Å². The topological polar surface area (TPSA) is 0 Å². The fourth-order valence-electron chi connectivity index (χ4n) is 0.718. The molecule has 0 bridgehead atoms. The number of halogens is 2. The van der Waals surface area contributed by atoms with Crippen LogP contribution in [0, 0.1) is 0 Å². The van der Waals surface area contributed by atoms with Gasteiger partial charge in [0.2, 0.25) is 0 Å². The van der Waals surface area contributed by atoms with Crippen molar-refractivity contribution in [3.8, 4) is 0 Å². The zero-order valence-corrected chi connectivity index (χ0v) is 5.75. The standard InChI is InChI=1S/C8H9F.FH/c1-7(9)8-5-3-2-4-6-8;/h2-7H,1H3;1H. The van der Waals surface area contributed by atoms with E-state index in [1.807, 2.05) is 18.2 Å². The van der Waals surface area contributed by atoms with Gasteiger partial charge < -0.3 is 0 Å². The van der Waals surface area contributed by atoms with E-state index >= 15 is 0 Å². The number of rotatable bonds is 1. The second kappa shape index (κ2) is 3.99. The van der Waals surface area contributed by atoms with Crippen molar-refractivity contribution in [1.82, 2.24) is 0 Å². The quantitative estimate of drug-likeness (QED) is 0.568. The average Bonchev–Trinajstić information content (AvgIpc) is 1.90. The molecular formula is C8H10F2. The first kappa shape index (κ1) is 9.08. The van der Waals surface area contributed by atoms with E-state index in [-0.39, 0.29) is 4.70 Å². The Morgan fingerprint density at radius 2 is 1.70 bits per heavy atom. The van der Waals surface area contributed by atoms with E-state index in [2.05, 4.69) is 0 Å². The van der Waals surface area contributed by atoms with E-state index in [9.17, 15) is 4.39 Å². The van der Waals surface area contributed by atoms with Crippen LogP contribution in [0.25, 0.3) is 0 Å². The van der Waals surface area contributed by atoms with Gasteiger partial charge in [0.15, 0.2) is 0 Å². The lowest BCUT2D eigenvalue weighted by Gasteiger charge is -1.98. The molecular weight excluding hydrogens is 134 g/mol. The highest BCUT2D eigenvalue weighted by Gasteiger charge is 1.97. The van der Waals surface area contributed by atoms with Crippen LogP contribution in [0.5, 0.6) is 0 Å². The maximum Gasteiger partial charge on any atom is 0.122 e. The molecule has 1 aromatic rings. The molecule has 0 saturated heterocycles. The summed E-state index contributed by atoms with van der Waals surface area (Å²) in [5.41, 5.74) is 0.748. The van der Waals surface area contributed by atoms with Gasteiger partial charge in [0, 0.05) is 0 Å². The largest absolute Gasteiger partial charge is 0.269 e. The molecule has 0 heterocycles. The molecule has 0 radical (unpaired) electrons. The molecule has 0 saturated carbocycles. The summed E-state index contributed by atoms with van der Waals surface area (Å²) in [5, 5.41) is 0. The lowest BCUT2D eigenvalue weighted by Crippen LogP contribution is -1.81. The van der Waals surface area contributed by atoms with E-state index in [1.165, 1.54) is 6.92 Å². The Bertz CT molecular complexity index is 170. The van der Waals surface area contributed by atoms with Crippen LogP contribution in [0.4, 0.5) is 9.09 Å². The molecule has 2 heteroatoms. The fraction of sp³-hybridized carbons (Fsp3) is 0.250. The minimum atomic E-state index is -0.841. The monoisotopic (exact) mass is 144 g/mol. The molecule has 0 N–H and O–H groups in total. The van der Waals surface area contributed by atoms with Crippen LogP contribution in [-0.2, 0) is 0 Å². The summed E-state index contributed by atoms with van der Waals surface area (Å²) < 4.78 is 12.4. The molecule has 0 fully saturated rings. The maximum atomic E-state index is 12.4. The second-order valence-corrected chi connectivity index (χ2v) is 2.03. The molecule has 0 aliphatic rings. The molecule has 1 unspecified atom stereocenters. The first-order valence-corrected chi connectivity index (χ1v) is 2.99. The molecule has 0 aromatic heterocycles. The van der Waals surface area contributed by atoms with Crippen LogP contribution < -0.4 is 0 Å². The summed E-state index contributed by atoms with van der Waals surface area (Å²) in [6.07, 6.45) is -0.841. The van der Waals surface area contributed by atoms with E-state index < -0.39 is 6.17 Å². The van der Waals surface area contributed by atoms with Crippen LogP contribution >= 0.6 is 0 Å². The van der Waals surface area contributed by atoms with Gasteiger partial charge in [0.05, 0.1) is 0 Å². The van der Waals surface area contributed by atoms with Gasteiger partial charge in [0.1, 0.15) is 6.17 Å². The zero-order valence-electron chi connectivity index (χ0n) is 5.75. The fourth-order valence-corrected chi connectivity index (χ4v) is 0.718. The third-order valence-corrected chi connectivity index (χ3v) is 1.26. The Hall–Kier alpha value is -0.920. The molecule has 1 atom stereocenters. The predicted octanol–water partition coefficient (Wildman–Crippen LogP) is 2.87. The highest BCUT2D eigenvalue weighted by atomic mass is 19.1. The highest BCUT2D eigenvalue weighted by Crippen LogP contribution is 2.14. The minimum Gasteiger partial charge on any atom is -0.269 e. The molecule has 0 spiro atoms. The summed E-state index contributed by atoms with van der Waals surface area (Å²) in [4.78, 5) is 0. The summed E-state index contributed by atoms with van der Waals surface area (Å²) in [7, 11) is 0. The Labute approximate surface area is 59.1 Å². The summed E-state index contributed by atoms with van der Waals surface area (Å²) >= 11 is 0. The van der Waals surface area contributed by atoms with Gasteiger partial charge in [-0.2, -0.15) is 0 Å². The van der Waals surface area contributed by atoms with Crippen molar-refractivity contribution < 1.29 is 9.09 Å². The maximum absolute atomic E-state index is 12.4. The van der Waals surface area contributed by atoms with E-state index in [1.54, 1.807) is 12.1 Å². The van der Waals surface area contributed by atoms with E-state index in [4.69, 9.17) is 0 Å². The van der Waals surface area contributed by atoms with E-state index in [0.29, 0.717) is 0 Å². The van der Waals surface area contributed by atoms with Crippen LogP contribution in [0.2, 0.25) is 0 Å². The van der Waals surface area contributed by atoms with Gasteiger partial charge >= 0.3 is 0 Å². The zero-order chi connectivity index (χ0) is 6.69. The van der Waals surface area contributed by atoms with Crippen molar-refractivity contribution in [1.29, 1.82) is 0 Å². The Morgan fingerprint density at radius 3 is 2.00 bits per heavy atom. The molecule has 0 nitrogen and oxygen atoms in total. The first-order chi connectivity index (χ1) is 4.30. The van der Waals surface area contributed by atoms with E-state index in [0.717, 1.165) is 5.56 Å². The molecule has 1 rings (SSSR count). The van der Waals surface area contributed by atoms with Gasteiger partial charge in [-0.15, -0.1) is 0 Å². The van der Waals surface area contributed by atoms with Crippen molar-refractivity contribution in [2.75, 3.05) is 0 Å². The second-order valence-electron chi connectivity index (χ2n) is 2.03. The van der Waals surface area contributed by atoms with Crippen LogP contribution in [0.1, 0.15) is 18.7 Å². The number of benzene rings is 1. The van der Waals surface area contributed by atoms with Gasteiger partial charge in [0.25, 0.3) is 0 Å². The summed E-state index contributed by atoms with van der Waals surface area (Å²) in [6, 6.07) is 9.12. The molecule has 56 valence electrons. The summed E-state index contributed by atoms with van der Waals surface area (Å²) in [6.45, 7) is 1.54. The summed E-state index contributed by atoms with van der Waals surface area (Å²) in [5.74, 6) is 0. The molecule has 0 amide bonds. The first-order valence-electron chi connectivity index (χ1n) is 2.99. The average molecular weight is 144 g/mol. The smallest absolute Gasteiger partial charge is 0.122 e. The Kier molecular flexibility index (Phi) is 3.62. The van der Waals surface area contributed by atoms with Gasteiger partial charge in [-0.25, -0.2) is 4.39 Å². The lowest BCUT2D eigenvalue weighted by atomic mass is 10.1. The third-order valence-electron chi connectivity index (χ3n) is 1.26. The third kappa shape index (κ3) is 2.13. The highest BCUT2D eigenvalue weighted by molar-refractivity contribution is 5.16. The SMILES string of the molecule is CC(F)c1ccccc1.F. The lowest BCUT2D eigenvalue weighted by molar-refractivity contribution is 0.374. The van der Waals surface area contributed by atoms with Crippen LogP contribution in [0.15, 0.2) is 30.3 Å². The number of hydrogen-bond donors (Lipinski definition) is 0. The van der Waals surface area contributed by atoms with Crippen molar-refractivity contribution >= 4 is 0 Å². The normalized spacial score (nSPS) is 11.8. The Morgan fingerprint density at radius 1 is 1.20 bits per heavy atom. The molecule has 0 aliphatic heterocycles. The molecule has 1 aromatic carbocycles. The number of hydrogen-bond acceptors (Lipinski definition) is 0. The molecule has 0 aliphatic carbocycles. The van der Waals surface area contributed by atoms with Crippen molar-refractivity contribution in [2.24, 2.45) is 0 Å². The minimum absolute atomic E-state index is 0. The van der Waals surface area contributed by atoms with Gasteiger partial charge in [-0.3, -0.25) is 4.70 Å². The van der Waals surface area contributed by atoms with Crippen LogP contribution in [-0.4, -0.2) is 0 Å². The van der Waals surface area contributed by atoms with Crippen molar-refractivity contribution in [2.45, 2.75) is 13.1 Å². The van der Waals surface area contributed by atoms with Gasteiger partial charge in [-0.05, 0) is 12.5 Å². The Balaban J connectivity index is 0.000000810. The number of alkyl halides is 1. The van der Waals surface area contributed by atoms with Crippen molar-refractivity contribution in [3.63, 3.8) is 0 Å². The predicted molar refractivity (Wildman–Crippen MR) is 38.5 cm³/mol. The van der Waals surface area contributed by atoms with Gasteiger partial charge in [-0.1, -0.05) is 30.3 Å². The molecule has 10 heavy (non-hydrogen) atoms.